The van der Waals surface area contributed by atoms with Gasteiger partial charge in [-0.25, -0.2) is 0 Å². The molecular weight excluding hydrogens is 338 g/mol. The van der Waals surface area contributed by atoms with Gasteiger partial charge in [0.15, 0.2) is 0 Å². The van der Waals surface area contributed by atoms with Crippen molar-refractivity contribution in [3.63, 3.8) is 0 Å². The second kappa shape index (κ2) is 6.91. The number of nitrogens with one attached hydrogen (secondary N) is 1. The van der Waals surface area contributed by atoms with Crippen LogP contribution < -0.4 is 5.32 Å². The molecule has 0 aliphatic heterocycles. The van der Waals surface area contributed by atoms with E-state index in [1.54, 1.807) is 12.1 Å². The Morgan fingerprint density at radius 2 is 1.95 bits per heavy atom. The van der Waals surface area contributed by atoms with Gasteiger partial charge in [0.25, 0.3) is 5.91 Å². The van der Waals surface area contributed by atoms with Crippen LogP contribution in [0.25, 0.3) is 0 Å². The van der Waals surface area contributed by atoms with Crippen molar-refractivity contribution >= 4 is 33.4 Å². The second-order valence-electron chi connectivity index (χ2n) is 4.58. The second-order valence-corrected chi connectivity index (χ2v) is 5.76. The SMILES string of the molecule is C[C@@H](NC(=O)c1ccc(CCl)cc1)c1cccc(Br)c1. The number of rotatable bonds is 4. The van der Waals surface area contributed by atoms with Crippen LogP contribution in [0.1, 0.15) is 34.5 Å². The molecule has 104 valence electrons. The van der Waals surface area contributed by atoms with Gasteiger partial charge in [-0.2, -0.15) is 0 Å². The molecule has 0 bridgehead atoms. The number of alkyl halides is 1. The number of halogens is 2. The Balaban J connectivity index is 2.06. The molecule has 1 N–H and O–H groups in total. The van der Waals surface area contributed by atoms with Crippen LogP contribution in [0.5, 0.6) is 0 Å². The molecule has 2 aromatic carbocycles. The lowest BCUT2D eigenvalue weighted by atomic mass is 10.1. The van der Waals surface area contributed by atoms with Gasteiger partial charge < -0.3 is 5.32 Å². The first-order valence-electron chi connectivity index (χ1n) is 6.31. The first-order chi connectivity index (χ1) is 9.60. The van der Waals surface area contributed by atoms with Gasteiger partial charge in [-0.05, 0) is 42.3 Å². The summed E-state index contributed by atoms with van der Waals surface area (Å²) in [4.78, 5) is 12.2. The number of benzene rings is 2. The standard InChI is InChI=1S/C16H15BrClNO/c1-11(14-3-2-4-15(17)9-14)19-16(20)13-7-5-12(10-18)6-8-13/h2-9,11H,10H2,1H3,(H,19,20)/t11-/m1/s1. The Hall–Kier alpha value is -1.32. The van der Waals surface area contributed by atoms with E-state index in [4.69, 9.17) is 11.6 Å². The zero-order valence-electron chi connectivity index (χ0n) is 11.1. The Morgan fingerprint density at radius 3 is 2.55 bits per heavy atom. The highest BCUT2D eigenvalue weighted by atomic mass is 79.9. The van der Waals surface area contributed by atoms with E-state index < -0.39 is 0 Å². The summed E-state index contributed by atoms with van der Waals surface area (Å²) in [5.41, 5.74) is 2.70. The molecule has 2 aromatic rings. The molecule has 0 unspecified atom stereocenters. The van der Waals surface area contributed by atoms with Crippen LogP contribution in [0.2, 0.25) is 0 Å². The number of carbonyl (C=O) groups excluding carboxylic acids is 1. The maximum atomic E-state index is 12.2. The minimum atomic E-state index is -0.0846. The van der Waals surface area contributed by atoms with E-state index in [2.05, 4.69) is 21.2 Å². The molecule has 0 heterocycles. The molecule has 0 spiro atoms. The van der Waals surface area contributed by atoms with E-state index in [1.165, 1.54) is 0 Å². The maximum absolute atomic E-state index is 12.2. The van der Waals surface area contributed by atoms with Gasteiger partial charge in [0, 0.05) is 15.9 Å². The fraction of sp³-hybridized carbons (Fsp3) is 0.188. The molecule has 0 aliphatic carbocycles. The molecule has 2 nitrogen and oxygen atoms in total. The third kappa shape index (κ3) is 3.84. The lowest BCUT2D eigenvalue weighted by Gasteiger charge is -2.14. The topological polar surface area (TPSA) is 29.1 Å². The Morgan fingerprint density at radius 1 is 1.25 bits per heavy atom. The molecule has 4 heteroatoms. The molecule has 0 fully saturated rings. The van der Waals surface area contributed by atoms with Crippen molar-refractivity contribution in [1.82, 2.24) is 5.32 Å². The van der Waals surface area contributed by atoms with E-state index >= 15 is 0 Å². The monoisotopic (exact) mass is 351 g/mol. The van der Waals surface area contributed by atoms with Gasteiger partial charge >= 0.3 is 0 Å². The van der Waals surface area contributed by atoms with Crippen LogP contribution in [-0.2, 0) is 5.88 Å². The van der Waals surface area contributed by atoms with Crippen LogP contribution in [-0.4, -0.2) is 5.91 Å². The summed E-state index contributed by atoms with van der Waals surface area (Å²) in [6.45, 7) is 1.97. The summed E-state index contributed by atoms with van der Waals surface area (Å²) in [5.74, 6) is 0.370. The number of hydrogen-bond acceptors (Lipinski definition) is 1. The van der Waals surface area contributed by atoms with Crippen LogP contribution >= 0.6 is 27.5 Å². The predicted octanol–water partition coefficient (Wildman–Crippen LogP) is 4.68. The summed E-state index contributed by atoms with van der Waals surface area (Å²) >= 11 is 9.17. The quantitative estimate of drug-likeness (QED) is 0.795. The lowest BCUT2D eigenvalue weighted by molar-refractivity contribution is 0.0940. The van der Waals surface area contributed by atoms with Crippen LogP contribution in [0.3, 0.4) is 0 Å². The van der Waals surface area contributed by atoms with Crippen molar-refractivity contribution in [3.8, 4) is 0 Å². The average Bonchev–Trinajstić information content (AvgIpc) is 2.47. The molecule has 1 atom stereocenters. The van der Waals surface area contributed by atoms with E-state index in [-0.39, 0.29) is 11.9 Å². The fourth-order valence-corrected chi connectivity index (χ4v) is 2.48. The number of carbonyl (C=O) groups is 1. The highest BCUT2D eigenvalue weighted by Crippen LogP contribution is 2.18. The van der Waals surface area contributed by atoms with Crippen LogP contribution in [0, 0.1) is 0 Å². The highest BCUT2D eigenvalue weighted by Gasteiger charge is 2.11. The Labute approximate surface area is 132 Å². The van der Waals surface area contributed by atoms with Crippen molar-refractivity contribution in [2.24, 2.45) is 0 Å². The third-order valence-electron chi connectivity index (χ3n) is 3.07. The van der Waals surface area contributed by atoms with E-state index in [0.717, 1.165) is 15.6 Å². The van der Waals surface area contributed by atoms with Gasteiger partial charge in [-0.1, -0.05) is 40.2 Å². The van der Waals surface area contributed by atoms with Crippen LogP contribution in [0.15, 0.2) is 53.0 Å². The molecule has 1 amide bonds. The predicted molar refractivity (Wildman–Crippen MR) is 86.0 cm³/mol. The normalized spacial score (nSPS) is 11.9. The largest absolute Gasteiger partial charge is 0.346 e. The molecule has 20 heavy (non-hydrogen) atoms. The third-order valence-corrected chi connectivity index (χ3v) is 3.87. The molecule has 0 saturated carbocycles. The minimum Gasteiger partial charge on any atom is -0.346 e. The van der Waals surface area contributed by atoms with E-state index in [9.17, 15) is 4.79 Å². The smallest absolute Gasteiger partial charge is 0.251 e. The summed E-state index contributed by atoms with van der Waals surface area (Å²) in [7, 11) is 0. The Kier molecular flexibility index (Phi) is 5.21. The minimum absolute atomic E-state index is 0.0484. The van der Waals surface area contributed by atoms with Gasteiger partial charge in [-0.3, -0.25) is 4.79 Å². The molecule has 2 rings (SSSR count). The lowest BCUT2D eigenvalue weighted by Crippen LogP contribution is -2.26. The zero-order valence-corrected chi connectivity index (χ0v) is 13.4. The first-order valence-corrected chi connectivity index (χ1v) is 7.64. The number of hydrogen-bond donors (Lipinski definition) is 1. The van der Waals surface area contributed by atoms with Crippen molar-refractivity contribution < 1.29 is 4.79 Å². The van der Waals surface area contributed by atoms with E-state index in [1.807, 2.05) is 43.3 Å². The van der Waals surface area contributed by atoms with Crippen molar-refractivity contribution in [1.29, 1.82) is 0 Å². The van der Waals surface area contributed by atoms with Gasteiger partial charge in [0.2, 0.25) is 0 Å². The molecule has 0 aliphatic rings. The highest BCUT2D eigenvalue weighted by molar-refractivity contribution is 9.10. The first kappa shape index (κ1) is 15.1. The average molecular weight is 353 g/mol. The molecule has 0 saturated heterocycles. The molecule has 0 aromatic heterocycles. The Bertz CT molecular complexity index is 598. The summed E-state index contributed by atoms with van der Waals surface area (Å²) in [6.07, 6.45) is 0. The number of amides is 1. The maximum Gasteiger partial charge on any atom is 0.251 e. The van der Waals surface area contributed by atoms with Crippen molar-refractivity contribution in [3.05, 3.63) is 69.7 Å². The summed E-state index contributed by atoms with van der Waals surface area (Å²) in [6, 6.07) is 15.2. The van der Waals surface area contributed by atoms with Crippen LogP contribution in [0.4, 0.5) is 0 Å². The fourth-order valence-electron chi connectivity index (χ4n) is 1.88. The van der Waals surface area contributed by atoms with Gasteiger partial charge in [0.1, 0.15) is 0 Å². The zero-order chi connectivity index (χ0) is 14.5. The summed E-state index contributed by atoms with van der Waals surface area (Å²) < 4.78 is 1.00. The van der Waals surface area contributed by atoms with Crippen molar-refractivity contribution in [2.75, 3.05) is 0 Å². The van der Waals surface area contributed by atoms with Gasteiger partial charge in [-0.15, -0.1) is 11.6 Å². The van der Waals surface area contributed by atoms with Gasteiger partial charge in [0.05, 0.1) is 6.04 Å². The van der Waals surface area contributed by atoms with E-state index in [0.29, 0.717) is 11.4 Å². The molecular formula is C16H15BrClNO. The summed E-state index contributed by atoms with van der Waals surface area (Å²) in [5, 5.41) is 2.98. The van der Waals surface area contributed by atoms with Crippen molar-refractivity contribution in [2.45, 2.75) is 18.8 Å². The molecule has 0 radical (unpaired) electrons.